The maximum Gasteiger partial charge on any atom is 0.224 e. The van der Waals surface area contributed by atoms with Gasteiger partial charge in [0.15, 0.2) is 11.5 Å². The Morgan fingerprint density at radius 3 is 2.60 bits per heavy atom. The van der Waals surface area contributed by atoms with Crippen LogP contribution in [0.2, 0.25) is 0 Å². The van der Waals surface area contributed by atoms with Gasteiger partial charge in [0.05, 0.1) is 0 Å². The molecule has 7 nitrogen and oxygen atoms in total. The van der Waals surface area contributed by atoms with Gasteiger partial charge in [0.2, 0.25) is 5.91 Å². The molecule has 0 spiro atoms. The molecule has 1 aliphatic rings. The molecule has 3 heterocycles. The third kappa shape index (κ3) is 4.90. The number of aryl methyl sites for hydroxylation is 3. The molecule has 0 saturated carbocycles. The number of benzene rings is 1. The van der Waals surface area contributed by atoms with Crippen molar-refractivity contribution >= 4 is 35.5 Å². The van der Waals surface area contributed by atoms with Gasteiger partial charge < -0.3 is 10.2 Å². The molecule has 2 aromatic heterocycles. The van der Waals surface area contributed by atoms with Crippen molar-refractivity contribution in [1.82, 2.24) is 19.8 Å². The van der Waals surface area contributed by atoms with Gasteiger partial charge in [-0.05, 0) is 68.0 Å². The van der Waals surface area contributed by atoms with Crippen LogP contribution in [-0.4, -0.2) is 38.8 Å². The van der Waals surface area contributed by atoms with E-state index < -0.39 is 0 Å². The summed E-state index contributed by atoms with van der Waals surface area (Å²) < 4.78 is 1.77. The minimum atomic E-state index is -0.0359. The second-order valence-electron chi connectivity index (χ2n) is 8.09. The van der Waals surface area contributed by atoms with Crippen LogP contribution >= 0.6 is 12.4 Å². The van der Waals surface area contributed by atoms with Gasteiger partial charge in [0.25, 0.3) is 0 Å². The Morgan fingerprint density at radius 1 is 1.10 bits per heavy atom. The van der Waals surface area contributed by atoms with Gasteiger partial charge >= 0.3 is 0 Å². The molecule has 30 heavy (non-hydrogen) atoms. The Balaban J connectivity index is 0.00000256. The van der Waals surface area contributed by atoms with Crippen LogP contribution in [0, 0.1) is 19.8 Å². The summed E-state index contributed by atoms with van der Waals surface area (Å²) in [6.07, 6.45) is 3.20. The predicted molar refractivity (Wildman–Crippen MR) is 122 cm³/mol. The minimum absolute atomic E-state index is 0. The molecule has 1 aliphatic heterocycles. The maximum absolute atomic E-state index is 12.4. The second-order valence-corrected chi connectivity index (χ2v) is 8.09. The number of piperidine rings is 1. The molecule has 0 atom stereocenters. The standard InChI is InChI=1S/C22H28N6O.ClH/c1-15-10-12-27(13-11-15)21-7-6-19-24-25-20(28(19)26-21)8-9-22(29)23-18-5-4-16(2)17(3)14-18;/h4-7,14-15H,8-13H2,1-3H3,(H,23,29);1H. The van der Waals surface area contributed by atoms with Crippen LogP contribution in [0.3, 0.4) is 0 Å². The zero-order valence-electron chi connectivity index (χ0n) is 17.8. The van der Waals surface area contributed by atoms with Crippen LogP contribution in [0.15, 0.2) is 30.3 Å². The Labute approximate surface area is 183 Å². The van der Waals surface area contributed by atoms with E-state index in [4.69, 9.17) is 5.10 Å². The lowest BCUT2D eigenvalue weighted by molar-refractivity contribution is -0.116. The zero-order chi connectivity index (χ0) is 20.4. The van der Waals surface area contributed by atoms with E-state index in [1.807, 2.05) is 37.3 Å². The van der Waals surface area contributed by atoms with Crippen LogP contribution in [0.5, 0.6) is 0 Å². The first-order chi connectivity index (χ1) is 14.0. The number of anilines is 2. The highest BCUT2D eigenvalue weighted by Gasteiger charge is 2.18. The summed E-state index contributed by atoms with van der Waals surface area (Å²) in [7, 11) is 0. The number of hydrogen-bond donors (Lipinski definition) is 1. The fraction of sp³-hybridized carbons (Fsp3) is 0.455. The van der Waals surface area contributed by atoms with Crippen molar-refractivity contribution in [2.45, 2.75) is 46.5 Å². The Kier molecular flexibility index (Phi) is 6.92. The number of amides is 1. The molecule has 0 radical (unpaired) electrons. The zero-order valence-corrected chi connectivity index (χ0v) is 18.6. The predicted octanol–water partition coefficient (Wildman–Crippen LogP) is 3.97. The molecule has 160 valence electrons. The van der Waals surface area contributed by atoms with E-state index in [9.17, 15) is 4.79 Å². The molecule has 0 aliphatic carbocycles. The van der Waals surface area contributed by atoms with Gasteiger partial charge in [-0.25, -0.2) is 0 Å². The Hall–Kier alpha value is -2.67. The summed E-state index contributed by atoms with van der Waals surface area (Å²) in [5, 5.41) is 16.2. The molecule has 3 aromatic rings. The van der Waals surface area contributed by atoms with Crippen molar-refractivity contribution in [3.05, 3.63) is 47.3 Å². The van der Waals surface area contributed by atoms with Crippen molar-refractivity contribution in [3.8, 4) is 0 Å². The van der Waals surface area contributed by atoms with Crippen molar-refractivity contribution < 1.29 is 4.79 Å². The molecule has 4 rings (SSSR count). The van der Waals surface area contributed by atoms with E-state index in [2.05, 4.69) is 34.3 Å². The third-order valence-electron chi connectivity index (χ3n) is 5.79. The lowest BCUT2D eigenvalue weighted by Crippen LogP contribution is -2.33. The average Bonchev–Trinajstić information content (AvgIpc) is 3.12. The number of nitrogens with zero attached hydrogens (tertiary/aromatic N) is 5. The number of fused-ring (bicyclic) bond motifs is 1. The third-order valence-corrected chi connectivity index (χ3v) is 5.79. The van der Waals surface area contributed by atoms with Gasteiger partial charge in [-0.1, -0.05) is 13.0 Å². The fourth-order valence-corrected chi connectivity index (χ4v) is 3.65. The van der Waals surface area contributed by atoms with Gasteiger partial charge in [0.1, 0.15) is 5.82 Å². The first kappa shape index (κ1) is 22.0. The number of halogens is 1. The van der Waals surface area contributed by atoms with E-state index in [1.165, 1.54) is 18.4 Å². The summed E-state index contributed by atoms with van der Waals surface area (Å²) in [6.45, 7) is 8.45. The topological polar surface area (TPSA) is 75.4 Å². The summed E-state index contributed by atoms with van der Waals surface area (Å²) >= 11 is 0. The highest BCUT2D eigenvalue weighted by molar-refractivity contribution is 5.90. The molecular formula is C22H29ClN6O. The molecule has 0 bridgehead atoms. The van der Waals surface area contributed by atoms with Crippen molar-refractivity contribution in [3.63, 3.8) is 0 Å². The van der Waals surface area contributed by atoms with E-state index >= 15 is 0 Å². The average molecular weight is 429 g/mol. The van der Waals surface area contributed by atoms with Crippen LogP contribution in [-0.2, 0) is 11.2 Å². The SMILES string of the molecule is Cc1ccc(NC(=O)CCc2nnc3ccc(N4CCC(C)CC4)nn23)cc1C.Cl. The van der Waals surface area contributed by atoms with E-state index in [-0.39, 0.29) is 18.3 Å². The lowest BCUT2D eigenvalue weighted by Gasteiger charge is -2.30. The molecule has 1 fully saturated rings. The molecule has 1 aromatic carbocycles. The number of hydrogen-bond acceptors (Lipinski definition) is 5. The van der Waals surface area contributed by atoms with Gasteiger partial charge in [-0.2, -0.15) is 4.52 Å². The maximum atomic E-state index is 12.4. The highest BCUT2D eigenvalue weighted by Crippen LogP contribution is 2.21. The molecule has 1 amide bonds. The largest absolute Gasteiger partial charge is 0.355 e. The number of aromatic nitrogens is 4. The summed E-state index contributed by atoms with van der Waals surface area (Å²) in [6, 6.07) is 9.90. The minimum Gasteiger partial charge on any atom is -0.355 e. The van der Waals surface area contributed by atoms with E-state index in [1.54, 1.807) is 4.52 Å². The molecular weight excluding hydrogens is 400 g/mol. The monoisotopic (exact) mass is 428 g/mol. The van der Waals surface area contributed by atoms with Gasteiger partial charge in [-0.3, -0.25) is 4.79 Å². The first-order valence-electron chi connectivity index (χ1n) is 10.3. The van der Waals surface area contributed by atoms with E-state index in [0.29, 0.717) is 24.3 Å². The summed E-state index contributed by atoms with van der Waals surface area (Å²) in [5.74, 6) is 2.40. The lowest BCUT2D eigenvalue weighted by atomic mass is 9.99. The van der Waals surface area contributed by atoms with Crippen molar-refractivity contribution in [2.75, 3.05) is 23.3 Å². The van der Waals surface area contributed by atoms with Crippen LogP contribution < -0.4 is 10.2 Å². The number of nitrogens with one attached hydrogen (secondary N) is 1. The van der Waals surface area contributed by atoms with E-state index in [0.717, 1.165) is 36.1 Å². The Bertz CT molecular complexity index is 1030. The molecule has 8 heteroatoms. The summed E-state index contributed by atoms with van der Waals surface area (Å²) in [5.41, 5.74) is 3.91. The Morgan fingerprint density at radius 2 is 1.87 bits per heavy atom. The summed E-state index contributed by atoms with van der Waals surface area (Å²) in [4.78, 5) is 14.7. The van der Waals surface area contributed by atoms with Gasteiger partial charge in [-0.15, -0.1) is 27.7 Å². The molecule has 1 saturated heterocycles. The number of carbonyl (C=O) groups excluding carboxylic acids is 1. The van der Waals surface area contributed by atoms with Crippen molar-refractivity contribution in [1.29, 1.82) is 0 Å². The van der Waals surface area contributed by atoms with Gasteiger partial charge in [0, 0.05) is 31.6 Å². The highest BCUT2D eigenvalue weighted by atomic mass is 35.5. The smallest absolute Gasteiger partial charge is 0.224 e. The van der Waals surface area contributed by atoms with Crippen LogP contribution in [0.1, 0.15) is 43.1 Å². The normalized spacial score (nSPS) is 14.6. The van der Waals surface area contributed by atoms with Crippen LogP contribution in [0.4, 0.5) is 11.5 Å². The van der Waals surface area contributed by atoms with Crippen LogP contribution in [0.25, 0.3) is 5.65 Å². The molecule has 1 N–H and O–H groups in total. The number of rotatable bonds is 5. The fourth-order valence-electron chi connectivity index (χ4n) is 3.65. The molecule has 0 unspecified atom stereocenters. The second kappa shape index (κ2) is 9.43. The van der Waals surface area contributed by atoms with Crippen molar-refractivity contribution in [2.24, 2.45) is 5.92 Å². The first-order valence-corrected chi connectivity index (χ1v) is 10.3. The number of carbonyl (C=O) groups is 1. The quantitative estimate of drug-likeness (QED) is 0.665.